The van der Waals surface area contributed by atoms with E-state index in [1.165, 1.54) is 11.1 Å². The van der Waals surface area contributed by atoms with Crippen LogP contribution in [0.1, 0.15) is 47.8 Å². The Kier molecular flexibility index (Phi) is 8.07. The number of nitrogens with zero attached hydrogens (tertiary/aromatic N) is 5. The van der Waals surface area contributed by atoms with Crippen molar-refractivity contribution in [2.45, 2.75) is 46.6 Å². The fraction of sp³-hybridized carbons (Fsp3) is 0.400. The predicted octanol–water partition coefficient (Wildman–Crippen LogP) is 5.76. The van der Waals surface area contributed by atoms with E-state index in [4.69, 9.17) is 9.47 Å². The molecule has 39 heavy (non-hydrogen) atoms. The molecule has 0 spiro atoms. The number of rotatable bonds is 9. The largest absolute Gasteiger partial charge is 0.455 e. The Morgan fingerprint density at radius 2 is 1.95 bits per heavy atom. The number of hydrogen-bond acceptors (Lipinski definition) is 7. The molecule has 0 aliphatic carbocycles. The Hall–Kier alpha value is -3.98. The summed E-state index contributed by atoms with van der Waals surface area (Å²) in [6, 6.07) is 9.52. The average Bonchev–Trinajstić information content (AvgIpc) is 3.36. The molecule has 1 aliphatic heterocycles. The molecule has 1 amide bonds. The number of carbonyl (C=O) groups excluding carboxylic acids is 1. The second kappa shape index (κ2) is 11.8. The highest BCUT2D eigenvalue weighted by atomic mass is 16.5. The minimum Gasteiger partial charge on any atom is -0.455 e. The van der Waals surface area contributed by atoms with Gasteiger partial charge in [-0.2, -0.15) is 5.10 Å². The van der Waals surface area contributed by atoms with Crippen LogP contribution in [0.4, 0.5) is 11.5 Å². The van der Waals surface area contributed by atoms with E-state index in [9.17, 15) is 4.79 Å². The predicted molar refractivity (Wildman–Crippen MR) is 153 cm³/mol. The molecule has 0 unspecified atom stereocenters. The molecule has 1 N–H and O–H groups in total. The van der Waals surface area contributed by atoms with Gasteiger partial charge < -0.3 is 19.7 Å². The molecule has 1 aromatic carbocycles. The maximum Gasteiger partial charge on any atom is 0.279 e. The van der Waals surface area contributed by atoms with E-state index in [0.29, 0.717) is 28.9 Å². The van der Waals surface area contributed by atoms with Crippen molar-refractivity contribution in [1.82, 2.24) is 19.7 Å². The lowest BCUT2D eigenvalue weighted by Crippen LogP contribution is -2.30. The molecule has 0 atom stereocenters. The zero-order valence-electron chi connectivity index (χ0n) is 23.1. The van der Waals surface area contributed by atoms with Crippen molar-refractivity contribution >= 4 is 28.3 Å². The number of aryl methyl sites for hydroxylation is 3. The van der Waals surface area contributed by atoms with Gasteiger partial charge in [0.15, 0.2) is 5.69 Å². The smallest absolute Gasteiger partial charge is 0.279 e. The van der Waals surface area contributed by atoms with E-state index >= 15 is 0 Å². The molecule has 9 heteroatoms. The quantitative estimate of drug-likeness (QED) is 0.295. The second-order valence-corrected chi connectivity index (χ2v) is 10.3. The van der Waals surface area contributed by atoms with Crippen molar-refractivity contribution in [3.05, 3.63) is 65.7 Å². The number of anilines is 2. The molecule has 0 bridgehead atoms. The van der Waals surface area contributed by atoms with E-state index in [0.717, 1.165) is 62.2 Å². The molecule has 1 fully saturated rings. The average molecular weight is 529 g/mol. The molecule has 1 saturated heterocycles. The van der Waals surface area contributed by atoms with Gasteiger partial charge in [0.05, 0.1) is 17.4 Å². The fourth-order valence-electron chi connectivity index (χ4n) is 4.90. The van der Waals surface area contributed by atoms with E-state index in [-0.39, 0.29) is 5.91 Å². The van der Waals surface area contributed by atoms with Crippen molar-refractivity contribution in [1.29, 1.82) is 0 Å². The molecule has 1 aliphatic rings. The minimum absolute atomic E-state index is 0.286. The van der Waals surface area contributed by atoms with Gasteiger partial charge in [0.25, 0.3) is 5.91 Å². The molecule has 204 valence electrons. The standard InChI is InChI=1S/C30H36N6O3/c1-5-12-36-19-26(35(4)18-22-9-13-38-14-10-22)29(34-36)30(37)33-28-7-6-23(17-32-28)39-27-8-11-31-25-16-21(3)20(2)15-24(25)27/h6-8,11,15-17,19,22H,5,9-10,12-14,18H2,1-4H3,(H,32,33,37). The third kappa shape index (κ3) is 6.20. The molecule has 9 nitrogen and oxygen atoms in total. The van der Waals surface area contributed by atoms with Crippen LogP contribution in [-0.4, -0.2) is 52.5 Å². The molecule has 4 heterocycles. The van der Waals surface area contributed by atoms with Crippen LogP contribution in [-0.2, 0) is 11.3 Å². The summed E-state index contributed by atoms with van der Waals surface area (Å²) in [7, 11) is 2.02. The summed E-state index contributed by atoms with van der Waals surface area (Å²) in [5, 5.41) is 8.46. The number of hydrogen-bond donors (Lipinski definition) is 1. The number of pyridine rings is 2. The summed E-state index contributed by atoms with van der Waals surface area (Å²) in [4.78, 5) is 24.3. The lowest BCUT2D eigenvalue weighted by atomic mass is 10.00. The monoisotopic (exact) mass is 528 g/mol. The van der Waals surface area contributed by atoms with Gasteiger partial charge in [-0.25, -0.2) is 4.98 Å². The summed E-state index contributed by atoms with van der Waals surface area (Å²) in [6.07, 6.45) is 8.30. The van der Waals surface area contributed by atoms with Crippen LogP contribution >= 0.6 is 0 Å². The first-order chi connectivity index (χ1) is 18.9. The molecule has 3 aromatic heterocycles. The summed E-state index contributed by atoms with van der Waals surface area (Å²) in [5.74, 6) is 1.96. The fourth-order valence-corrected chi connectivity index (χ4v) is 4.90. The van der Waals surface area contributed by atoms with E-state index in [1.807, 2.05) is 24.0 Å². The van der Waals surface area contributed by atoms with Crippen LogP contribution in [0, 0.1) is 19.8 Å². The Morgan fingerprint density at radius 3 is 2.69 bits per heavy atom. The van der Waals surface area contributed by atoms with Gasteiger partial charge >= 0.3 is 0 Å². The van der Waals surface area contributed by atoms with E-state index in [1.54, 1.807) is 24.5 Å². The molecule has 4 aromatic rings. The summed E-state index contributed by atoms with van der Waals surface area (Å²) < 4.78 is 13.5. The van der Waals surface area contributed by atoms with Crippen molar-refractivity contribution in [2.75, 3.05) is 37.0 Å². The zero-order valence-corrected chi connectivity index (χ0v) is 23.1. The third-order valence-electron chi connectivity index (χ3n) is 7.22. The lowest BCUT2D eigenvalue weighted by Gasteiger charge is -2.28. The topological polar surface area (TPSA) is 94.4 Å². The van der Waals surface area contributed by atoms with Crippen LogP contribution in [0.3, 0.4) is 0 Å². The van der Waals surface area contributed by atoms with Gasteiger partial charge in [0, 0.05) is 51.1 Å². The van der Waals surface area contributed by atoms with Crippen molar-refractivity contribution in [2.24, 2.45) is 5.92 Å². The molecular weight excluding hydrogens is 492 g/mol. The SMILES string of the molecule is CCCn1cc(N(C)CC2CCOCC2)c(C(=O)Nc2ccc(Oc3ccnc4cc(C)c(C)cc34)cn2)n1. The Morgan fingerprint density at radius 1 is 1.15 bits per heavy atom. The number of aromatic nitrogens is 4. The maximum absolute atomic E-state index is 13.3. The highest BCUT2D eigenvalue weighted by Crippen LogP contribution is 2.31. The summed E-state index contributed by atoms with van der Waals surface area (Å²) in [5.41, 5.74) is 4.46. The normalized spacial score (nSPS) is 13.9. The number of nitrogens with one attached hydrogen (secondary N) is 1. The first-order valence-corrected chi connectivity index (χ1v) is 13.6. The van der Waals surface area contributed by atoms with Crippen molar-refractivity contribution in [3.63, 3.8) is 0 Å². The van der Waals surface area contributed by atoms with Crippen LogP contribution in [0.15, 0.2) is 48.9 Å². The Labute approximate surface area is 229 Å². The van der Waals surface area contributed by atoms with Gasteiger partial charge in [0.2, 0.25) is 0 Å². The number of amides is 1. The maximum atomic E-state index is 13.3. The zero-order chi connectivity index (χ0) is 27.4. The first kappa shape index (κ1) is 26.6. The molecule has 0 saturated carbocycles. The lowest BCUT2D eigenvalue weighted by molar-refractivity contribution is 0.0685. The Balaban J connectivity index is 1.30. The van der Waals surface area contributed by atoms with Crippen LogP contribution in [0.2, 0.25) is 0 Å². The van der Waals surface area contributed by atoms with Crippen LogP contribution < -0.4 is 15.0 Å². The van der Waals surface area contributed by atoms with Crippen molar-refractivity contribution < 1.29 is 14.3 Å². The number of benzene rings is 1. The Bertz CT molecular complexity index is 1440. The highest BCUT2D eigenvalue weighted by Gasteiger charge is 2.23. The van der Waals surface area contributed by atoms with Gasteiger partial charge in [0.1, 0.15) is 17.3 Å². The molecule has 5 rings (SSSR count). The van der Waals surface area contributed by atoms with Gasteiger partial charge in [-0.15, -0.1) is 0 Å². The number of carbonyl (C=O) groups is 1. The first-order valence-electron chi connectivity index (χ1n) is 13.6. The number of ether oxygens (including phenoxy) is 2. The second-order valence-electron chi connectivity index (χ2n) is 10.3. The van der Waals surface area contributed by atoms with Gasteiger partial charge in [-0.1, -0.05) is 6.92 Å². The molecule has 0 radical (unpaired) electrons. The van der Waals surface area contributed by atoms with Crippen LogP contribution in [0.5, 0.6) is 11.5 Å². The number of fused-ring (bicyclic) bond motifs is 1. The third-order valence-corrected chi connectivity index (χ3v) is 7.22. The van der Waals surface area contributed by atoms with Crippen LogP contribution in [0.25, 0.3) is 10.9 Å². The van der Waals surface area contributed by atoms with Crippen molar-refractivity contribution in [3.8, 4) is 11.5 Å². The molecular formula is C30H36N6O3. The van der Waals surface area contributed by atoms with Gasteiger partial charge in [-0.05, 0) is 80.5 Å². The highest BCUT2D eigenvalue weighted by molar-refractivity contribution is 6.06. The minimum atomic E-state index is -0.286. The van der Waals surface area contributed by atoms with E-state index in [2.05, 4.69) is 58.2 Å². The summed E-state index contributed by atoms with van der Waals surface area (Å²) >= 11 is 0. The summed E-state index contributed by atoms with van der Waals surface area (Å²) in [6.45, 7) is 9.43. The van der Waals surface area contributed by atoms with E-state index < -0.39 is 0 Å². The van der Waals surface area contributed by atoms with Gasteiger partial charge in [-0.3, -0.25) is 14.5 Å².